The largest absolute Gasteiger partial charge is 0.423 e. The van der Waals surface area contributed by atoms with Crippen molar-refractivity contribution in [1.82, 2.24) is 9.88 Å². The van der Waals surface area contributed by atoms with Gasteiger partial charge in [-0.2, -0.15) is 4.98 Å². The van der Waals surface area contributed by atoms with Crippen LogP contribution in [0.4, 0.5) is 6.01 Å². The third-order valence-corrected chi connectivity index (χ3v) is 3.77. The predicted octanol–water partition coefficient (Wildman–Crippen LogP) is 4.37. The molecular formula is C20H23N3O. The Balaban J connectivity index is 1.86. The molecule has 0 aliphatic carbocycles. The molecule has 24 heavy (non-hydrogen) atoms. The topological polar surface area (TPSA) is 41.3 Å². The number of aromatic nitrogens is 1. The lowest BCUT2D eigenvalue weighted by Gasteiger charge is -2.08. The smallest absolute Gasteiger partial charge is 0.295 e. The molecule has 3 aromatic rings. The molecule has 0 aliphatic rings. The van der Waals surface area contributed by atoms with E-state index in [1.54, 1.807) is 0 Å². The van der Waals surface area contributed by atoms with Gasteiger partial charge in [0.2, 0.25) is 0 Å². The molecule has 4 nitrogen and oxygen atoms in total. The van der Waals surface area contributed by atoms with E-state index in [4.69, 9.17) is 4.42 Å². The normalized spacial score (nSPS) is 11.0. The Bertz CT molecular complexity index is 694. The Kier molecular flexibility index (Phi) is 5.29. The zero-order chi connectivity index (χ0) is 16.8. The summed E-state index contributed by atoms with van der Waals surface area (Å²) in [5.74, 6) is 0.803. The second-order valence-corrected chi connectivity index (χ2v) is 6.01. The summed E-state index contributed by atoms with van der Waals surface area (Å²) in [6, 6.07) is 20.8. The molecule has 0 saturated heterocycles. The van der Waals surface area contributed by atoms with Crippen molar-refractivity contribution in [2.75, 3.05) is 32.5 Å². The number of nitrogens with one attached hydrogen (secondary N) is 1. The van der Waals surface area contributed by atoms with Gasteiger partial charge in [0.1, 0.15) is 5.69 Å². The first kappa shape index (κ1) is 16.3. The van der Waals surface area contributed by atoms with Crippen molar-refractivity contribution in [3.8, 4) is 22.6 Å². The molecule has 0 saturated carbocycles. The van der Waals surface area contributed by atoms with E-state index < -0.39 is 0 Å². The van der Waals surface area contributed by atoms with Crippen molar-refractivity contribution >= 4 is 6.01 Å². The summed E-state index contributed by atoms with van der Waals surface area (Å²) in [5.41, 5.74) is 2.96. The fraction of sp³-hybridized carbons (Fsp3) is 0.250. The molecule has 0 unspecified atom stereocenters. The Morgan fingerprint density at radius 1 is 0.917 bits per heavy atom. The van der Waals surface area contributed by atoms with E-state index in [-0.39, 0.29) is 0 Å². The van der Waals surface area contributed by atoms with Gasteiger partial charge in [0.15, 0.2) is 5.76 Å². The van der Waals surface area contributed by atoms with Crippen LogP contribution < -0.4 is 5.32 Å². The maximum absolute atomic E-state index is 6.03. The monoisotopic (exact) mass is 321 g/mol. The molecule has 0 fully saturated rings. The van der Waals surface area contributed by atoms with Gasteiger partial charge in [0, 0.05) is 17.7 Å². The van der Waals surface area contributed by atoms with Gasteiger partial charge in [-0.1, -0.05) is 60.7 Å². The lowest BCUT2D eigenvalue weighted by atomic mass is 10.1. The first-order valence-corrected chi connectivity index (χ1v) is 8.24. The summed E-state index contributed by atoms with van der Waals surface area (Å²) >= 11 is 0. The van der Waals surface area contributed by atoms with Crippen molar-refractivity contribution in [3.63, 3.8) is 0 Å². The summed E-state index contributed by atoms with van der Waals surface area (Å²) in [4.78, 5) is 6.85. The molecule has 0 radical (unpaired) electrons. The van der Waals surface area contributed by atoms with Crippen LogP contribution >= 0.6 is 0 Å². The van der Waals surface area contributed by atoms with Crippen molar-refractivity contribution in [2.45, 2.75) is 6.42 Å². The van der Waals surface area contributed by atoms with Gasteiger partial charge in [-0.25, -0.2) is 0 Å². The molecule has 2 aromatic carbocycles. The van der Waals surface area contributed by atoms with Crippen LogP contribution in [0.2, 0.25) is 0 Å². The molecule has 3 rings (SSSR count). The number of rotatable bonds is 7. The van der Waals surface area contributed by atoms with E-state index >= 15 is 0 Å². The molecule has 4 heteroatoms. The molecule has 0 aliphatic heterocycles. The van der Waals surface area contributed by atoms with Crippen LogP contribution in [0.25, 0.3) is 22.6 Å². The third-order valence-electron chi connectivity index (χ3n) is 3.77. The zero-order valence-electron chi connectivity index (χ0n) is 14.2. The Morgan fingerprint density at radius 2 is 1.54 bits per heavy atom. The van der Waals surface area contributed by atoms with Gasteiger partial charge in [0.05, 0.1) is 0 Å². The molecule has 1 N–H and O–H groups in total. The Hall–Kier alpha value is -2.59. The van der Waals surface area contributed by atoms with Gasteiger partial charge >= 0.3 is 0 Å². The maximum Gasteiger partial charge on any atom is 0.295 e. The average Bonchev–Trinajstić information content (AvgIpc) is 3.04. The van der Waals surface area contributed by atoms with Crippen LogP contribution in [0.15, 0.2) is 65.1 Å². The van der Waals surface area contributed by atoms with Crippen molar-refractivity contribution in [2.24, 2.45) is 0 Å². The van der Waals surface area contributed by atoms with Crippen molar-refractivity contribution < 1.29 is 4.42 Å². The number of nitrogens with zero attached hydrogens (tertiary/aromatic N) is 2. The van der Waals surface area contributed by atoms with Crippen LogP contribution in [-0.4, -0.2) is 37.1 Å². The highest BCUT2D eigenvalue weighted by Crippen LogP contribution is 2.34. The minimum absolute atomic E-state index is 0.575. The molecule has 0 atom stereocenters. The van der Waals surface area contributed by atoms with E-state index in [9.17, 15) is 0 Å². The fourth-order valence-electron chi connectivity index (χ4n) is 2.56. The minimum Gasteiger partial charge on any atom is -0.423 e. The highest BCUT2D eigenvalue weighted by molar-refractivity contribution is 5.77. The van der Waals surface area contributed by atoms with Gasteiger partial charge in [-0.3, -0.25) is 0 Å². The molecule has 0 spiro atoms. The molecule has 1 aromatic heterocycles. The highest BCUT2D eigenvalue weighted by atomic mass is 16.4. The SMILES string of the molecule is CN(C)CCCNc1nc(-c2ccccc2)c(-c2ccccc2)o1. The number of oxazole rings is 1. The molecule has 0 amide bonds. The van der Waals surface area contributed by atoms with Gasteiger partial charge in [-0.05, 0) is 27.1 Å². The second-order valence-electron chi connectivity index (χ2n) is 6.01. The molecule has 124 valence electrons. The first-order chi connectivity index (χ1) is 11.7. The third kappa shape index (κ3) is 4.03. The number of anilines is 1. The second kappa shape index (κ2) is 7.79. The average molecular weight is 321 g/mol. The van der Waals surface area contributed by atoms with Crippen LogP contribution in [0.3, 0.4) is 0 Å². The van der Waals surface area contributed by atoms with Crippen LogP contribution in [-0.2, 0) is 0 Å². The van der Waals surface area contributed by atoms with Gasteiger partial charge < -0.3 is 14.6 Å². The standard InChI is InChI=1S/C20H23N3O/c1-23(2)15-9-14-21-20-22-18(16-10-5-3-6-11-16)19(24-20)17-12-7-4-8-13-17/h3-8,10-13H,9,14-15H2,1-2H3,(H,21,22). The minimum atomic E-state index is 0.575. The summed E-state index contributed by atoms with van der Waals surface area (Å²) < 4.78 is 6.03. The van der Waals surface area contributed by atoms with Gasteiger partial charge in [-0.15, -0.1) is 0 Å². The van der Waals surface area contributed by atoms with Crippen LogP contribution in [0, 0.1) is 0 Å². The van der Waals surface area contributed by atoms with Crippen LogP contribution in [0.5, 0.6) is 0 Å². The number of hydrogen-bond donors (Lipinski definition) is 1. The van der Waals surface area contributed by atoms with Gasteiger partial charge in [0.25, 0.3) is 6.01 Å². The summed E-state index contributed by atoms with van der Waals surface area (Å²) in [7, 11) is 4.15. The Morgan fingerprint density at radius 3 is 2.17 bits per heavy atom. The number of benzene rings is 2. The summed E-state index contributed by atoms with van der Waals surface area (Å²) in [6.45, 7) is 1.87. The lowest BCUT2D eigenvalue weighted by molar-refractivity contribution is 0.404. The summed E-state index contributed by atoms with van der Waals surface area (Å²) in [5, 5.41) is 3.30. The van der Waals surface area contributed by atoms with E-state index in [2.05, 4.69) is 41.4 Å². The lowest BCUT2D eigenvalue weighted by Crippen LogP contribution is -2.16. The van der Waals surface area contributed by atoms with Crippen molar-refractivity contribution in [1.29, 1.82) is 0 Å². The van der Waals surface area contributed by atoms with Crippen molar-refractivity contribution in [3.05, 3.63) is 60.7 Å². The molecular weight excluding hydrogens is 298 g/mol. The zero-order valence-corrected chi connectivity index (χ0v) is 14.2. The molecule has 0 bridgehead atoms. The first-order valence-electron chi connectivity index (χ1n) is 8.24. The van der Waals surface area contributed by atoms with Crippen LogP contribution in [0.1, 0.15) is 6.42 Å². The maximum atomic E-state index is 6.03. The molecule has 1 heterocycles. The van der Waals surface area contributed by atoms with E-state index in [0.717, 1.165) is 42.1 Å². The predicted molar refractivity (Wildman–Crippen MR) is 99.0 cm³/mol. The van der Waals surface area contributed by atoms with E-state index in [0.29, 0.717) is 6.01 Å². The van der Waals surface area contributed by atoms with E-state index in [1.807, 2.05) is 48.5 Å². The van der Waals surface area contributed by atoms with E-state index in [1.165, 1.54) is 0 Å². The fourth-order valence-corrected chi connectivity index (χ4v) is 2.56. The Labute approximate surface area is 143 Å². The quantitative estimate of drug-likeness (QED) is 0.656. The number of hydrogen-bond acceptors (Lipinski definition) is 4. The highest BCUT2D eigenvalue weighted by Gasteiger charge is 2.16. The summed E-state index contributed by atoms with van der Waals surface area (Å²) in [6.07, 6.45) is 1.04.